The molecule has 11 rings (SSSR count). The molecule has 0 aliphatic carbocycles. The number of nitrogens with zero attached hydrogens (tertiary/aromatic N) is 2. The van der Waals surface area contributed by atoms with E-state index in [2.05, 4.69) is 199 Å². The Kier molecular flexibility index (Phi) is 6.54. The predicted octanol–water partition coefficient (Wildman–Crippen LogP) is 9.20. The van der Waals surface area contributed by atoms with Crippen LogP contribution in [0.1, 0.15) is 18.1 Å². The first-order valence-electron chi connectivity index (χ1n) is 18.6. The van der Waals surface area contributed by atoms with E-state index in [1.165, 1.54) is 89.1 Å². The molecule has 4 aliphatic heterocycles. The first kappa shape index (κ1) is 30.1. The maximum atomic E-state index is 4.56. The van der Waals surface area contributed by atoms with Gasteiger partial charge in [-0.05, 0) is 98.1 Å². The van der Waals surface area contributed by atoms with E-state index in [0.29, 0.717) is 0 Å². The monoisotopic (exact) mass is 672 g/mol. The molecule has 0 N–H and O–H groups in total. The molecule has 0 atom stereocenters. The van der Waals surface area contributed by atoms with Gasteiger partial charge in [0.15, 0.2) is 0 Å². The first-order valence-corrected chi connectivity index (χ1v) is 18.6. The third-order valence-electron chi connectivity index (χ3n) is 11.8. The lowest BCUT2D eigenvalue weighted by Gasteiger charge is -2.50. The van der Waals surface area contributed by atoms with Crippen LogP contribution in [-0.2, 0) is 0 Å². The normalized spacial score (nSPS) is 15.6. The van der Waals surface area contributed by atoms with Gasteiger partial charge >= 0.3 is 13.7 Å². The summed E-state index contributed by atoms with van der Waals surface area (Å²) in [6.45, 7) is 6.82. The van der Waals surface area contributed by atoms with Crippen molar-refractivity contribution in [2.24, 2.45) is 0 Å². The Morgan fingerprint density at radius 3 is 1.81 bits per heavy atom. The minimum absolute atomic E-state index is 0.0309. The average Bonchev–Trinajstić information content (AvgIpc) is 3.23. The summed E-state index contributed by atoms with van der Waals surface area (Å²) >= 11 is 0. The van der Waals surface area contributed by atoms with Crippen LogP contribution in [0.15, 0.2) is 188 Å². The van der Waals surface area contributed by atoms with E-state index in [9.17, 15) is 0 Å². The lowest BCUT2D eigenvalue weighted by molar-refractivity contribution is 1.25. The smallest absolute Gasteiger partial charge is 0.329 e. The maximum Gasteiger partial charge on any atom is 0.329 e. The van der Waals surface area contributed by atoms with Crippen LogP contribution in [-0.4, -0.2) is 13.7 Å². The zero-order valence-electron chi connectivity index (χ0n) is 29.5. The Bertz CT molecular complexity index is 2730. The van der Waals surface area contributed by atoms with E-state index >= 15 is 0 Å². The molecule has 0 bridgehead atoms. The van der Waals surface area contributed by atoms with Crippen molar-refractivity contribution >= 4 is 63.8 Å². The number of fused-ring (bicyclic) bond motifs is 13. The van der Waals surface area contributed by atoms with Gasteiger partial charge in [0.1, 0.15) is 0 Å². The molecule has 0 saturated heterocycles. The lowest BCUT2D eigenvalue weighted by Crippen LogP contribution is -2.66. The van der Waals surface area contributed by atoms with Gasteiger partial charge in [0.05, 0.1) is 0 Å². The molecule has 7 aromatic rings. The van der Waals surface area contributed by atoms with Gasteiger partial charge in [-0.2, -0.15) is 0 Å². The van der Waals surface area contributed by atoms with Crippen molar-refractivity contribution in [3.8, 4) is 33.4 Å². The van der Waals surface area contributed by atoms with Crippen LogP contribution in [0, 0.1) is 0 Å². The van der Waals surface area contributed by atoms with Gasteiger partial charge in [0, 0.05) is 39.5 Å². The molecule has 0 aromatic heterocycles. The quantitative estimate of drug-likeness (QED) is 0.173. The predicted molar refractivity (Wildman–Crippen MR) is 228 cm³/mol. The molecule has 0 unspecified atom stereocenters. The third-order valence-corrected chi connectivity index (χ3v) is 11.8. The molecule has 0 spiro atoms. The van der Waals surface area contributed by atoms with Crippen molar-refractivity contribution < 1.29 is 0 Å². The number of benzene rings is 7. The summed E-state index contributed by atoms with van der Waals surface area (Å²) in [4.78, 5) is 5.23. The molecule has 53 heavy (non-hydrogen) atoms. The lowest BCUT2D eigenvalue weighted by atomic mass is 9.37. The Balaban J connectivity index is 1.17. The maximum absolute atomic E-state index is 4.56. The van der Waals surface area contributed by atoms with Crippen LogP contribution in [0.4, 0.5) is 17.1 Å². The molecule has 4 aliphatic rings. The van der Waals surface area contributed by atoms with E-state index in [-0.39, 0.29) is 13.7 Å². The van der Waals surface area contributed by atoms with E-state index in [1.807, 2.05) is 0 Å². The third kappa shape index (κ3) is 4.24. The average molecular weight is 672 g/mol. The zero-order valence-corrected chi connectivity index (χ0v) is 29.5. The van der Waals surface area contributed by atoms with Crippen LogP contribution in [0.25, 0.3) is 44.5 Å². The van der Waals surface area contributed by atoms with Gasteiger partial charge in [-0.25, -0.2) is 0 Å². The van der Waals surface area contributed by atoms with Crippen molar-refractivity contribution in [2.75, 3.05) is 9.62 Å². The van der Waals surface area contributed by atoms with E-state index < -0.39 is 0 Å². The van der Waals surface area contributed by atoms with Gasteiger partial charge in [0.25, 0.3) is 0 Å². The Morgan fingerprint density at radius 1 is 0.491 bits per heavy atom. The van der Waals surface area contributed by atoms with E-state index in [4.69, 9.17) is 0 Å². The van der Waals surface area contributed by atoms with Crippen molar-refractivity contribution in [2.45, 2.75) is 6.92 Å². The highest BCUT2D eigenvalue weighted by molar-refractivity contribution is 6.96. The van der Waals surface area contributed by atoms with Gasteiger partial charge in [0.2, 0.25) is 0 Å². The summed E-state index contributed by atoms with van der Waals surface area (Å²) < 4.78 is 0. The van der Waals surface area contributed by atoms with Gasteiger partial charge in [-0.1, -0.05) is 152 Å². The summed E-state index contributed by atoms with van der Waals surface area (Å²) in [5.41, 5.74) is 22.7. The van der Waals surface area contributed by atoms with Crippen molar-refractivity contribution in [1.29, 1.82) is 0 Å². The van der Waals surface area contributed by atoms with Crippen LogP contribution < -0.4 is 31.5 Å². The first-order chi connectivity index (χ1) is 26.2. The van der Waals surface area contributed by atoms with Gasteiger partial charge in [-0.3, -0.25) is 0 Å². The van der Waals surface area contributed by atoms with Crippen molar-refractivity contribution in [3.63, 3.8) is 0 Å². The molecule has 0 amide bonds. The topological polar surface area (TPSA) is 6.48 Å². The summed E-state index contributed by atoms with van der Waals surface area (Å²) in [5.74, 6) is 0. The number of hydrogen-bond acceptors (Lipinski definition) is 2. The highest BCUT2D eigenvalue weighted by Crippen LogP contribution is 2.52. The van der Waals surface area contributed by atoms with Gasteiger partial charge < -0.3 is 9.62 Å². The SMILES string of the molecule is C=C(/C=C1\C(=C/C)N2B(c3ccccc31)c1cccc3c1-c1c2cccc1N1B3c2ccccc2-c2cc(-c3ccccc3)ccc21)c1ccccc1. The second-order valence-corrected chi connectivity index (χ2v) is 14.4. The molecule has 4 heteroatoms. The fraction of sp³-hybridized carbons (Fsp3) is 0.0204. The van der Waals surface area contributed by atoms with Crippen LogP contribution in [0.2, 0.25) is 0 Å². The highest BCUT2D eigenvalue weighted by atomic mass is 15.1. The molecule has 4 heterocycles. The van der Waals surface area contributed by atoms with Crippen molar-refractivity contribution in [3.05, 3.63) is 199 Å². The molecular weight excluding hydrogens is 638 g/mol. The number of hydrogen-bond donors (Lipinski definition) is 0. The summed E-state index contributed by atoms with van der Waals surface area (Å²) in [5, 5.41) is 0. The van der Waals surface area contributed by atoms with E-state index in [1.54, 1.807) is 0 Å². The minimum Gasteiger partial charge on any atom is -0.376 e. The second kappa shape index (κ2) is 11.5. The van der Waals surface area contributed by atoms with Crippen LogP contribution in [0.5, 0.6) is 0 Å². The Labute approximate surface area is 311 Å². The zero-order chi connectivity index (χ0) is 35.2. The van der Waals surface area contributed by atoms with Crippen molar-refractivity contribution in [1.82, 2.24) is 0 Å². The number of rotatable bonds is 3. The molecular formula is C49H34B2N2. The highest BCUT2D eigenvalue weighted by Gasteiger charge is 2.50. The Hall–Kier alpha value is -6.51. The van der Waals surface area contributed by atoms with Crippen LogP contribution in [0.3, 0.4) is 0 Å². The molecule has 7 aromatic carbocycles. The summed E-state index contributed by atoms with van der Waals surface area (Å²) in [6, 6.07) is 60.4. The standard InChI is InChI=1S/C49H34B2N2/c1-3-44-38(30-32(2)33-16-6-4-7-17-33)36-20-10-12-22-40(36)50-42-24-14-25-43-48(42)49-46(52(44)50)26-15-27-47(49)53-45-29-28-35(34-18-8-5-9-19-34)31-39(45)37-21-11-13-23-41(37)51(43)53/h3-31H,2H2,1H3/b38-30-,44-3+. The molecule has 246 valence electrons. The molecule has 2 nitrogen and oxygen atoms in total. The Morgan fingerprint density at radius 2 is 1.08 bits per heavy atom. The largest absolute Gasteiger partial charge is 0.376 e. The van der Waals surface area contributed by atoms with E-state index in [0.717, 1.165) is 11.1 Å². The number of allylic oxidation sites excluding steroid dienone is 4. The summed E-state index contributed by atoms with van der Waals surface area (Å²) in [6.07, 6.45) is 4.59. The molecule has 0 fully saturated rings. The fourth-order valence-electron chi connectivity index (χ4n) is 9.58. The van der Waals surface area contributed by atoms with Crippen LogP contribution >= 0.6 is 0 Å². The molecule has 0 radical (unpaired) electrons. The fourth-order valence-corrected chi connectivity index (χ4v) is 9.58. The molecule has 0 saturated carbocycles. The van der Waals surface area contributed by atoms with Gasteiger partial charge in [-0.15, -0.1) is 0 Å². The minimum atomic E-state index is 0.0309. The second-order valence-electron chi connectivity index (χ2n) is 14.4. The summed E-state index contributed by atoms with van der Waals surface area (Å²) in [7, 11) is 0. The number of anilines is 3.